The molecular formula is C14H20N2O2S. The zero-order valence-corrected chi connectivity index (χ0v) is 12.2. The van der Waals surface area contributed by atoms with Crippen molar-refractivity contribution in [1.82, 2.24) is 10.2 Å². The molecule has 19 heavy (non-hydrogen) atoms. The van der Waals surface area contributed by atoms with Crippen LogP contribution in [0.4, 0.5) is 0 Å². The molecule has 1 fully saturated rings. The van der Waals surface area contributed by atoms with Gasteiger partial charge in [0.25, 0.3) is 0 Å². The molecule has 1 aliphatic heterocycles. The highest BCUT2D eigenvalue weighted by Crippen LogP contribution is 2.24. The number of nitrogens with one attached hydrogen (secondary N) is 1. The number of nitrogens with zero attached hydrogens (tertiary/aromatic N) is 1. The van der Waals surface area contributed by atoms with Crippen LogP contribution in [0.2, 0.25) is 0 Å². The molecule has 0 aliphatic carbocycles. The first-order valence-corrected chi connectivity index (χ1v) is 7.90. The van der Waals surface area contributed by atoms with Gasteiger partial charge in [0.05, 0.1) is 13.2 Å². The molecule has 4 nitrogen and oxygen atoms in total. The predicted molar refractivity (Wildman–Crippen MR) is 78.4 cm³/mol. The Balaban J connectivity index is 2.08. The Bertz CT molecular complexity index is 422. The van der Waals surface area contributed by atoms with E-state index in [-0.39, 0.29) is 12.1 Å². The maximum atomic E-state index is 11.9. The molecule has 1 atom stereocenters. The molecule has 0 spiro atoms. The Labute approximate surface area is 118 Å². The standard InChI is InChI=1S/C14H20N2O2S/c1-3-18-12-6-4-11(5-7-12)14-15-10-13(17)16(14)8-9-19-2/h4-7,14-15H,3,8-10H2,1-2H3. The Hall–Kier alpha value is -1.20. The van der Waals surface area contributed by atoms with E-state index < -0.39 is 0 Å². The van der Waals surface area contributed by atoms with Crippen LogP contribution in [0.15, 0.2) is 24.3 Å². The highest BCUT2D eigenvalue weighted by Gasteiger charge is 2.30. The number of carbonyl (C=O) groups is 1. The summed E-state index contributed by atoms with van der Waals surface area (Å²) in [6.45, 7) is 3.84. The van der Waals surface area contributed by atoms with E-state index in [1.807, 2.05) is 36.1 Å². The van der Waals surface area contributed by atoms with Crippen molar-refractivity contribution in [3.05, 3.63) is 29.8 Å². The second kappa shape index (κ2) is 6.82. The molecule has 2 rings (SSSR count). The lowest BCUT2D eigenvalue weighted by molar-refractivity contribution is -0.127. The number of hydrogen-bond acceptors (Lipinski definition) is 4. The van der Waals surface area contributed by atoms with E-state index in [0.29, 0.717) is 13.2 Å². The Morgan fingerprint density at radius 2 is 2.16 bits per heavy atom. The van der Waals surface area contributed by atoms with Crippen LogP contribution in [0.3, 0.4) is 0 Å². The molecule has 1 aliphatic rings. The largest absolute Gasteiger partial charge is 0.494 e. The Morgan fingerprint density at radius 1 is 1.42 bits per heavy atom. The fourth-order valence-corrected chi connectivity index (χ4v) is 2.57. The minimum atomic E-state index is -0.00433. The predicted octanol–water partition coefficient (Wildman–Crippen LogP) is 1.88. The van der Waals surface area contributed by atoms with Crippen molar-refractivity contribution < 1.29 is 9.53 Å². The molecule has 0 saturated carbocycles. The van der Waals surface area contributed by atoms with E-state index >= 15 is 0 Å². The van der Waals surface area contributed by atoms with Gasteiger partial charge in [0.15, 0.2) is 0 Å². The van der Waals surface area contributed by atoms with Crippen LogP contribution in [0, 0.1) is 0 Å². The average molecular weight is 280 g/mol. The lowest BCUT2D eigenvalue weighted by Gasteiger charge is -2.24. The molecule has 1 aromatic rings. The molecule has 1 aromatic carbocycles. The maximum absolute atomic E-state index is 11.9. The van der Waals surface area contributed by atoms with Crippen molar-refractivity contribution in [1.29, 1.82) is 0 Å². The van der Waals surface area contributed by atoms with Crippen LogP contribution in [0.25, 0.3) is 0 Å². The number of ether oxygens (including phenoxy) is 1. The first-order valence-electron chi connectivity index (χ1n) is 6.50. The number of carbonyl (C=O) groups excluding carboxylic acids is 1. The second-order valence-corrected chi connectivity index (χ2v) is 5.35. The van der Waals surface area contributed by atoms with E-state index in [4.69, 9.17) is 4.74 Å². The van der Waals surface area contributed by atoms with Gasteiger partial charge in [0.1, 0.15) is 11.9 Å². The molecule has 0 aromatic heterocycles. The monoisotopic (exact) mass is 280 g/mol. The zero-order valence-electron chi connectivity index (χ0n) is 11.4. The molecule has 0 bridgehead atoms. The van der Waals surface area contributed by atoms with Crippen molar-refractivity contribution in [3.8, 4) is 5.75 Å². The van der Waals surface area contributed by atoms with Gasteiger partial charge in [-0.05, 0) is 30.9 Å². The summed E-state index contributed by atoms with van der Waals surface area (Å²) in [5.41, 5.74) is 1.11. The molecule has 1 heterocycles. The van der Waals surface area contributed by atoms with Crippen LogP contribution in [-0.2, 0) is 4.79 Å². The van der Waals surface area contributed by atoms with Gasteiger partial charge in [0, 0.05) is 12.3 Å². The van der Waals surface area contributed by atoms with Crippen LogP contribution in [-0.4, -0.2) is 42.5 Å². The molecule has 1 amide bonds. The highest BCUT2D eigenvalue weighted by molar-refractivity contribution is 7.98. The first-order chi connectivity index (χ1) is 9.26. The van der Waals surface area contributed by atoms with Gasteiger partial charge in [0.2, 0.25) is 5.91 Å². The first kappa shape index (κ1) is 14.2. The second-order valence-electron chi connectivity index (χ2n) is 4.37. The van der Waals surface area contributed by atoms with E-state index in [2.05, 4.69) is 11.6 Å². The summed E-state index contributed by atoms with van der Waals surface area (Å²) >= 11 is 1.76. The Morgan fingerprint density at radius 3 is 2.79 bits per heavy atom. The summed E-state index contributed by atoms with van der Waals surface area (Å²) in [5.74, 6) is 2.00. The third kappa shape index (κ3) is 3.42. The molecule has 1 N–H and O–H groups in total. The Kier molecular flexibility index (Phi) is 5.10. The third-order valence-electron chi connectivity index (χ3n) is 3.12. The van der Waals surface area contributed by atoms with Crippen LogP contribution in [0.1, 0.15) is 18.7 Å². The summed E-state index contributed by atoms with van der Waals surface area (Å²) in [6, 6.07) is 7.95. The highest BCUT2D eigenvalue weighted by atomic mass is 32.2. The number of rotatable bonds is 6. The van der Waals surface area contributed by atoms with Gasteiger partial charge in [-0.15, -0.1) is 0 Å². The minimum Gasteiger partial charge on any atom is -0.494 e. The van der Waals surface area contributed by atoms with Crippen LogP contribution < -0.4 is 10.1 Å². The summed E-state index contributed by atoms with van der Waals surface area (Å²) in [4.78, 5) is 13.8. The van der Waals surface area contributed by atoms with Crippen molar-refractivity contribution in [2.45, 2.75) is 13.1 Å². The molecule has 5 heteroatoms. The number of benzene rings is 1. The van der Waals surface area contributed by atoms with Gasteiger partial charge in [-0.25, -0.2) is 0 Å². The number of hydrogen-bond donors (Lipinski definition) is 1. The molecule has 1 saturated heterocycles. The number of amides is 1. The summed E-state index contributed by atoms with van der Waals surface area (Å²) in [6.07, 6.45) is 2.05. The van der Waals surface area contributed by atoms with E-state index in [0.717, 1.165) is 23.6 Å². The van der Waals surface area contributed by atoms with Crippen LogP contribution >= 0.6 is 11.8 Å². The van der Waals surface area contributed by atoms with Crippen molar-refractivity contribution in [3.63, 3.8) is 0 Å². The normalized spacial score (nSPS) is 18.9. The third-order valence-corrected chi connectivity index (χ3v) is 3.71. The fourth-order valence-electron chi connectivity index (χ4n) is 2.19. The van der Waals surface area contributed by atoms with Crippen molar-refractivity contribution in [2.24, 2.45) is 0 Å². The SMILES string of the molecule is CCOc1ccc(C2NCC(=O)N2CCSC)cc1. The van der Waals surface area contributed by atoms with E-state index in [1.54, 1.807) is 11.8 Å². The maximum Gasteiger partial charge on any atom is 0.238 e. The van der Waals surface area contributed by atoms with Gasteiger partial charge in [-0.3, -0.25) is 10.1 Å². The van der Waals surface area contributed by atoms with E-state index in [1.165, 1.54) is 0 Å². The molecular weight excluding hydrogens is 260 g/mol. The van der Waals surface area contributed by atoms with Gasteiger partial charge in [-0.2, -0.15) is 11.8 Å². The lowest BCUT2D eigenvalue weighted by atomic mass is 10.1. The van der Waals surface area contributed by atoms with Gasteiger partial charge >= 0.3 is 0 Å². The fraction of sp³-hybridized carbons (Fsp3) is 0.500. The zero-order chi connectivity index (χ0) is 13.7. The molecule has 0 radical (unpaired) electrons. The van der Waals surface area contributed by atoms with Gasteiger partial charge < -0.3 is 9.64 Å². The summed E-state index contributed by atoms with van der Waals surface area (Å²) in [5, 5.41) is 3.26. The topological polar surface area (TPSA) is 41.6 Å². The molecule has 1 unspecified atom stereocenters. The van der Waals surface area contributed by atoms with E-state index in [9.17, 15) is 4.79 Å². The quantitative estimate of drug-likeness (QED) is 0.864. The number of thioether (sulfide) groups is 1. The lowest BCUT2D eigenvalue weighted by Crippen LogP contribution is -2.32. The van der Waals surface area contributed by atoms with Crippen molar-refractivity contribution in [2.75, 3.05) is 31.7 Å². The average Bonchev–Trinajstić information content (AvgIpc) is 2.79. The van der Waals surface area contributed by atoms with Gasteiger partial charge in [-0.1, -0.05) is 12.1 Å². The van der Waals surface area contributed by atoms with Crippen LogP contribution in [0.5, 0.6) is 5.75 Å². The minimum absolute atomic E-state index is 0.00433. The summed E-state index contributed by atoms with van der Waals surface area (Å²) in [7, 11) is 0. The smallest absolute Gasteiger partial charge is 0.238 e. The summed E-state index contributed by atoms with van der Waals surface area (Å²) < 4.78 is 5.43. The van der Waals surface area contributed by atoms with Crippen molar-refractivity contribution >= 4 is 17.7 Å². The molecule has 104 valence electrons.